The highest BCUT2D eigenvalue weighted by atomic mass is 35.5. The average molecular weight is 635 g/mol. The lowest BCUT2D eigenvalue weighted by atomic mass is 10.1. The van der Waals surface area contributed by atoms with E-state index in [9.17, 15) is 41.2 Å². The molecule has 2 atom stereocenters. The number of alkyl halides is 3. The highest BCUT2D eigenvalue weighted by Gasteiger charge is 2.58. The van der Waals surface area contributed by atoms with Gasteiger partial charge in [0.05, 0.1) is 21.2 Å². The van der Waals surface area contributed by atoms with Crippen LogP contribution >= 0.6 is 11.6 Å². The molecule has 2 aliphatic carbocycles. The molecule has 1 aromatic rings. The lowest BCUT2D eigenvalue weighted by Gasteiger charge is -2.30. The SMILES string of the molecule is CC(C)(C)OC(=O)NC1(C(=O)N2C[C@H](S(=O)(=O)c3ccc(OCC(F)(F)F)cc3Cl)C[C@H]2C(=O)NC2(C#N)CC2)CC1. The first kappa shape index (κ1) is 31.7. The van der Waals surface area contributed by atoms with Crippen molar-refractivity contribution in [3.63, 3.8) is 0 Å². The van der Waals surface area contributed by atoms with Gasteiger partial charge in [0, 0.05) is 12.6 Å². The van der Waals surface area contributed by atoms with Crippen molar-refractivity contribution in [1.29, 1.82) is 5.26 Å². The fourth-order valence-corrected chi connectivity index (χ4v) is 6.88. The number of halogens is 4. The predicted octanol–water partition coefficient (Wildman–Crippen LogP) is 3.25. The van der Waals surface area contributed by atoms with Gasteiger partial charge in [-0.15, -0.1) is 0 Å². The molecule has 2 N–H and O–H groups in total. The molecule has 42 heavy (non-hydrogen) atoms. The Hall–Kier alpha value is -3.25. The third-order valence-corrected chi connectivity index (χ3v) is 9.72. The Morgan fingerprint density at radius 3 is 2.29 bits per heavy atom. The fraction of sp³-hybridized carbons (Fsp3) is 0.615. The van der Waals surface area contributed by atoms with Gasteiger partial charge in [0.2, 0.25) is 11.8 Å². The summed E-state index contributed by atoms with van der Waals surface area (Å²) in [6.07, 6.45) is -4.53. The van der Waals surface area contributed by atoms with E-state index in [4.69, 9.17) is 16.3 Å². The Morgan fingerprint density at radius 2 is 1.79 bits per heavy atom. The topological polar surface area (TPSA) is 155 Å². The number of nitriles is 1. The van der Waals surface area contributed by atoms with Crippen molar-refractivity contribution in [2.75, 3.05) is 13.2 Å². The van der Waals surface area contributed by atoms with Crippen LogP contribution in [-0.4, -0.2) is 78.5 Å². The zero-order chi connectivity index (χ0) is 31.3. The first-order valence-corrected chi connectivity index (χ1v) is 15.0. The van der Waals surface area contributed by atoms with Gasteiger partial charge in [-0.2, -0.15) is 18.4 Å². The minimum absolute atomic E-state index is 0.237. The van der Waals surface area contributed by atoms with Crippen molar-refractivity contribution < 1.29 is 45.4 Å². The van der Waals surface area contributed by atoms with Crippen molar-refractivity contribution in [2.24, 2.45) is 0 Å². The number of hydrogen-bond donors (Lipinski definition) is 2. The van der Waals surface area contributed by atoms with Crippen LogP contribution in [0.3, 0.4) is 0 Å². The largest absolute Gasteiger partial charge is 0.484 e. The normalized spacial score (nSPS) is 22.5. The fourth-order valence-electron chi connectivity index (χ4n) is 4.64. The molecule has 3 fully saturated rings. The summed E-state index contributed by atoms with van der Waals surface area (Å²) in [6.45, 7) is 2.91. The number of ether oxygens (including phenoxy) is 2. The van der Waals surface area contributed by atoms with E-state index in [0.29, 0.717) is 12.8 Å². The summed E-state index contributed by atoms with van der Waals surface area (Å²) in [5.74, 6) is -1.68. The quantitative estimate of drug-likeness (QED) is 0.442. The van der Waals surface area contributed by atoms with Crippen molar-refractivity contribution in [3.8, 4) is 11.8 Å². The Bertz CT molecular complexity index is 1430. The maximum Gasteiger partial charge on any atom is 0.422 e. The van der Waals surface area contributed by atoms with Gasteiger partial charge in [-0.05, 0) is 65.0 Å². The molecule has 4 rings (SSSR count). The highest BCUT2D eigenvalue weighted by molar-refractivity contribution is 7.92. The summed E-state index contributed by atoms with van der Waals surface area (Å²) in [7, 11) is -4.33. The molecular weight excluding hydrogens is 605 g/mol. The molecule has 1 heterocycles. The minimum atomic E-state index is -4.62. The van der Waals surface area contributed by atoms with E-state index in [1.54, 1.807) is 20.8 Å². The Balaban J connectivity index is 1.58. The van der Waals surface area contributed by atoms with Gasteiger partial charge in [0.25, 0.3) is 0 Å². The molecule has 0 bridgehead atoms. The smallest absolute Gasteiger partial charge is 0.422 e. The van der Waals surface area contributed by atoms with Crippen LogP contribution in [0.1, 0.15) is 52.9 Å². The van der Waals surface area contributed by atoms with Gasteiger partial charge >= 0.3 is 12.3 Å². The molecule has 0 spiro atoms. The standard InChI is InChI=1S/C26H30ClF3N4O7S/c1-23(2,3)41-22(37)33-25(8-9-25)21(36)34-12-16(11-18(34)20(35)32-24(13-31)6-7-24)42(38,39)19-5-4-15(10-17(19)27)40-14-26(28,29)30/h4-5,10,16,18H,6-9,11-12,14H2,1-3H3,(H,32,35)(H,33,37)/t16-,18+/m1/s1. The second kappa shape index (κ2) is 10.8. The molecule has 0 radical (unpaired) electrons. The van der Waals surface area contributed by atoms with Crippen LogP contribution in [0, 0.1) is 11.3 Å². The first-order valence-electron chi connectivity index (χ1n) is 13.1. The second-order valence-corrected chi connectivity index (χ2v) is 14.4. The number of nitrogens with zero attached hydrogens (tertiary/aromatic N) is 2. The van der Waals surface area contributed by atoms with E-state index in [1.165, 1.54) is 0 Å². The van der Waals surface area contributed by atoms with Gasteiger partial charge < -0.3 is 25.0 Å². The van der Waals surface area contributed by atoms with Gasteiger partial charge in [0.1, 0.15) is 28.5 Å². The predicted molar refractivity (Wildman–Crippen MR) is 141 cm³/mol. The lowest BCUT2D eigenvalue weighted by molar-refractivity contribution is -0.153. The number of likely N-dealkylation sites (tertiary alicyclic amines) is 1. The zero-order valence-electron chi connectivity index (χ0n) is 23.0. The number of benzene rings is 1. The van der Waals surface area contributed by atoms with Crippen LogP contribution in [0.5, 0.6) is 5.75 Å². The third-order valence-electron chi connectivity index (χ3n) is 7.10. The molecule has 11 nitrogen and oxygen atoms in total. The number of nitrogens with one attached hydrogen (secondary N) is 2. The van der Waals surface area contributed by atoms with Crippen LogP contribution < -0.4 is 15.4 Å². The maximum atomic E-state index is 13.8. The molecule has 230 valence electrons. The van der Waals surface area contributed by atoms with E-state index in [2.05, 4.69) is 15.4 Å². The van der Waals surface area contributed by atoms with Crippen LogP contribution in [0.2, 0.25) is 5.02 Å². The van der Waals surface area contributed by atoms with Crippen molar-refractivity contribution in [1.82, 2.24) is 15.5 Å². The first-order chi connectivity index (χ1) is 19.3. The number of amides is 3. The molecular formula is C26H30ClF3N4O7S. The van der Waals surface area contributed by atoms with E-state index >= 15 is 0 Å². The van der Waals surface area contributed by atoms with Gasteiger partial charge in [-0.3, -0.25) is 9.59 Å². The lowest BCUT2D eigenvalue weighted by Crippen LogP contribution is -2.56. The number of sulfone groups is 1. The zero-order valence-corrected chi connectivity index (χ0v) is 24.6. The summed E-state index contributed by atoms with van der Waals surface area (Å²) >= 11 is 6.15. The average Bonchev–Trinajstić information content (AvgIpc) is 3.77. The number of alkyl carbamates (subject to hydrolysis) is 1. The second-order valence-electron chi connectivity index (χ2n) is 11.8. The van der Waals surface area contributed by atoms with E-state index in [0.717, 1.165) is 23.1 Å². The van der Waals surface area contributed by atoms with Crippen LogP contribution in [0.25, 0.3) is 0 Å². The monoisotopic (exact) mass is 634 g/mol. The maximum absolute atomic E-state index is 13.8. The van der Waals surface area contributed by atoms with E-state index in [1.807, 2.05) is 6.07 Å². The highest BCUT2D eigenvalue weighted by Crippen LogP contribution is 2.42. The van der Waals surface area contributed by atoms with E-state index in [-0.39, 0.29) is 25.0 Å². The van der Waals surface area contributed by atoms with Crippen molar-refractivity contribution >= 4 is 39.3 Å². The molecule has 0 aromatic heterocycles. The van der Waals surface area contributed by atoms with Gasteiger partial charge in [-0.25, -0.2) is 13.2 Å². The Labute approximate surface area is 245 Å². The van der Waals surface area contributed by atoms with E-state index < -0.39 is 85.0 Å². The summed E-state index contributed by atoms with van der Waals surface area (Å²) in [5.41, 5.74) is -3.33. The van der Waals surface area contributed by atoms with Gasteiger partial charge in [-0.1, -0.05) is 11.6 Å². The van der Waals surface area contributed by atoms with Crippen LogP contribution in [0.15, 0.2) is 23.1 Å². The summed E-state index contributed by atoms with van der Waals surface area (Å²) in [4.78, 5) is 40.2. The number of carbonyl (C=O) groups excluding carboxylic acids is 3. The molecule has 1 aromatic carbocycles. The third kappa shape index (κ3) is 7.03. The Morgan fingerprint density at radius 1 is 1.14 bits per heavy atom. The van der Waals surface area contributed by atoms with Crippen LogP contribution in [0.4, 0.5) is 18.0 Å². The van der Waals surface area contributed by atoms with Gasteiger partial charge in [0.15, 0.2) is 16.4 Å². The molecule has 1 aliphatic heterocycles. The minimum Gasteiger partial charge on any atom is -0.484 e. The van der Waals surface area contributed by atoms with Crippen LogP contribution in [-0.2, 0) is 24.2 Å². The Kier molecular flexibility index (Phi) is 8.14. The van der Waals surface area contributed by atoms with Crippen molar-refractivity contribution in [2.45, 2.75) is 91.9 Å². The summed E-state index contributed by atoms with van der Waals surface area (Å²) in [6, 6.07) is 3.70. The molecule has 3 aliphatic rings. The number of carbonyl (C=O) groups is 3. The summed E-state index contributed by atoms with van der Waals surface area (Å²) in [5, 5.41) is 12.9. The molecule has 3 amide bonds. The summed E-state index contributed by atoms with van der Waals surface area (Å²) < 4.78 is 74.7. The number of hydrogen-bond acceptors (Lipinski definition) is 8. The molecule has 1 saturated heterocycles. The van der Waals surface area contributed by atoms with Crippen molar-refractivity contribution in [3.05, 3.63) is 23.2 Å². The number of rotatable bonds is 8. The molecule has 16 heteroatoms. The molecule has 2 saturated carbocycles. The molecule has 0 unspecified atom stereocenters.